The van der Waals surface area contributed by atoms with Crippen LogP contribution < -0.4 is 0 Å². The summed E-state index contributed by atoms with van der Waals surface area (Å²) in [4.78, 5) is 0. The second-order valence-corrected chi connectivity index (χ2v) is 7.76. The van der Waals surface area contributed by atoms with Gasteiger partial charge in [-0.15, -0.1) is 0 Å². The van der Waals surface area contributed by atoms with Gasteiger partial charge in [-0.1, -0.05) is 41.5 Å². The Morgan fingerprint density at radius 3 is 1.24 bits per heavy atom. The SMILES string of the molecule is CC(C)(C)CCOCCOCCOCCOCC(C)(C)C. The minimum atomic E-state index is 0.218. The maximum Gasteiger partial charge on any atom is 0.0701 e. The Kier molecular flexibility index (Phi) is 11.3. The standard InChI is InChI=1S/C17H36O4/c1-16(2,3)7-8-18-9-10-19-11-12-20-13-14-21-15-17(4,5)6/h7-15H2,1-6H3. The Labute approximate surface area is 131 Å². The Morgan fingerprint density at radius 2 is 0.857 bits per heavy atom. The van der Waals surface area contributed by atoms with Gasteiger partial charge in [0.1, 0.15) is 0 Å². The Balaban J connectivity index is 3.10. The van der Waals surface area contributed by atoms with Crippen molar-refractivity contribution in [2.24, 2.45) is 10.8 Å². The molecule has 0 bridgehead atoms. The van der Waals surface area contributed by atoms with Gasteiger partial charge in [0.05, 0.1) is 46.2 Å². The van der Waals surface area contributed by atoms with Crippen LogP contribution in [-0.4, -0.2) is 52.9 Å². The molecule has 0 saturated heterocycles. The monoisotopic (exact) mass is 304 g/mol. The maximum absolute atomic E-state index is 5.52. The number of hydrogen-bond donors (Lipinski definition) is 0. The van der Waals surface area contributed by atoms with Crippen LogP contribution in [0.1, 0.15) is 48.0 Å². The molecular formula is C17H36O4. The van der Waals surface area contributed by atoms with Crippen LogP contribution in [-0.2, 0) is 18.9 Å². The molecule has 0 aliphatic heterocycles. The highest BCUT2D eigenvalue weighted by Crippen LogP contribution is 2.17. The van der Waals surface area contributed by atoms with E-state index in [1.165, 1.54) is 0 Å². The topological polar surface area (TPSA) is 36.9 Å². The van der Waals surface area contributed by atoms with Gasteiger partial charge >= 0.3 is 0 Å². The van der Waals surface area contributed by atoms with E-state index in [0.717, 1.165) is 19.6 Å². The molecule has 0 N–H and O–H groups in total. The van der Waals surface area contributed by atoms with Crippen molar-refractivity contribution in [2.45, 2.75) is 48.0 Å². The number of rotatable bonds is 12. The van der Waals surface area contributed by atoms with E-state index in [-0.39, 0.29) is 5.41 Å². The quantitative estimate of drug-likeness (QED) is 0.517. The number of ether oxygens (including phenoxy) is 4. The van der Waals surface area contributed by atoms with Crippen LogP contribution in [0.3, 0.4) is 0 Å². The summed E-state index contributed by atoms with van der Waals surface area (Å²) in [5.74, 6) is 0. The maximum atomic E-state index is 5.52. The largest absolute Gasteiger partial charge is 0.379 e. The van der Waals surface area contributed by atoms with E-state index in [1.807, 2.05) is 0 Å². The molecule has 0 heterocycles. The third-order valence-electron chi connectivity index (χ3n) is 2.65. The van der Waals surface area contributed by atoms with Crippen LogP contribution >= 0.6 is 0 Å². The normalized spacial score (nSPS) is 12.9. The van der Waals surface area contributed by atoms with Gasteiger partial charge in [-0.25, -0.2) is 0 Å². The molecule has 0 unspecified atom stereocenters. The lowest BCUT2D eigenvalue weighted by atomic mass is 9.93. The number of hydrogen-bond acceptors (Lipinski definition) is 4. The molecule has 21 heavy (non-hydrogen) atoms. The summed E-state index contributed by atoms with van der Waals surface area (Å²) in [7, 11) is 0. The molecular weight excluding hydrogens is 268 g/mol. The fourth-order valence-electron chi connectivity index (χ4n) is 1.42. The average Bonchev–Trinajstić information content (AvgIpc) is 2.32. The van der Waals surface area contributed by atoms with E-state index in [1.54, 1.807) is 0 Å². The zero-order chi connectivity index (χ0) is 16.2. The summed E-state index contributed by atoms with van der Waals surface area (Å²) < 4.78 is 21.9. The second kappa shape index (κ2) is 11.4. The molecule has 0 rings (SSSR count). The van der Waals surface area contributed by atoms with Crippen LogP contribution in [0.25, 0.3) is 0 Å². The van der Waals surface area contributed by atoms with E-state index in [9.17, 15) is 0 Å². The van der Waals surface area contributed by atoms with Gasteiger partial charge in [0, 0.05) is 6.61 Å². The van der Waals surface area contributed by atoms with Crippen molar-refractivity contribution < 1.29 is 18.9 Å². The fraction of sp³-hybridized carbons (Fsp3) is 1.00. The van der Waals surface area contributed by atoms with Crippen molar-refractivity contribution >= 4 is 0 Å². The second-order valence-electron chi connectivity index (χ2n) is 7.76. The van der Waals surface area contributed by atoms with Crippen molar-refractivity contribution in [3.8, 4) is 0 Å². The molecule has 0 aromatic rings. The first-order chi connectivity index (χ1) is 9.71. The third kappa shape index (κ3) is 19.8. The highest BCUT2D eigenvalue weighted by atomic mass is 16.6. The van der Waals surface area contributed by atoms with Crippen LogP contribution in [0.4, 0.5) is 0 Å². The molecule has 0 fully saturated rings. The van der Waals surface area contributed by atoms with Gasteiger partial charge in [-0.05, 0) is 17.3 Å². The first-order valence-corrected chi connectivity index (χ1v) is 8.02. The minimum Gasteiger partial charge on any atom is -0.379 e. The van der Waals surface area contributed by atoms with E-state index in [0.29, 0.717) is 45.1 Å². The van der Waals surface area contributed by atoms with E-state index < -0.39 is 0 Å². The summed E-state index contributed by atoms with van der Waals surface area (Å²) in [5, 5.41) is 0. The average molecular weight is 304 g/mol. The molecule has 0 amide bonds. The summed E-state index contributed by atoms with van der Waals surface area (Å²) >= 11 is 0. The van der Waals surface area contributed by atoms with Gasteiger partial charge in [-0.2, -0.15) is 0 Å². The predicted molar refractivity (Wildman–Crippen MR) is 86.8 cm³/mol. The van der Waals surface area contributed by atoms with Crippen molar-refractivity contribution in [3.05, 3.63) is 0 Å². The van der Waals surface area contributed by atoms with Crippen LogP contribution in [0, 0.1) is 10.8 Å². The molecule has 0 aliphatic rings. The van der Waals surface area contributed by atoms with Gasteiger partial charge in [0.2, 0.25) is 0 Å². The molecule has 0 saturated carbocycles. The predicted octanol–water partition coefficient (Wildman–Crippen LogP) is 3.54. The minimum absolute atomic E-state index is 0.218. The highest BCUT2D eigenvalue weighted by Gasteiger charge is 2.09. The van der Waals surface area contributed by atoms with Crippen LogP contribution in [0.15, 0.2) is 0 Å². The summed E-state index contributed by atoms with van der Waals surface area (Å²) in [6.45, 7) is 18.5. The third-order valence-corrected chi connectivity index (χ3v) is 2.65. The summed E-state index contributed by atoms with van der Waals surface area (Å²) in [6, 6.07) is 0. The van der Waals surface area contributed by atoms with Crippen molar-refractivity contribution in [2.75, 3.05) is 52.9 Å². The molecule has 0 aliphatic carbocycles. The molecule has 0 radical (unpaired) electrons. The van der Waals surface area contributed by atoms with Gasteiger partial charge < -0.3 is 18.9 Å². The molecule has 0 aromatic carbocycles. The first kappa shape index (κ1) is 20.8. The molecule has 4 heteroatoms. The molecule has 128 valence electrons. The Morgan fingerprint density at radius 1 is 0.476 bits per heavy atom. The summed E-state index contributed by atoms with van der Waals surface area (Å²) in [5.41, 5.74) is 0.555. The van der Waals surface area contributed by atoms with E-state index in [4.69, 9.17) is 18.9 Å². The Hall–Kier alpha value is -0.160. The van der Waals surface area contributed by atoms with Gasteiger partial charge in [0.25, 0.3) is 0 Å². The van der Waals surface area contributed by atoms with Crippen molar-refractivity contribution in [3.63, 3.8) is 0 Å². The molecule has 0 atom stereocenters. The van der Waals surface area contributed by atoms with Gasteiger partial charge in [-0.3, -0.25) is 0 Å². The molecule has 0 aromatic heterocycles. The lowest BCUT2D eigenvalue weighted by molar-refractivity contribution is -0.0123. The van der Waals surface area contributed by atoms with Crippen molar-refractivity contribution in [1.82, 2.24) is 0 Å². The van der Waals surface area contributed by atoms with Crippen LogP contribution in [0.2, 0.25) is 0 Å². The fourth-order valence-corrected chi connectivity index (χ4v) is 1.42. The summed E-state index contributed by atoms with van der Waals surface area (Å²) in [6.07, 6.45) is 1.07. The smallest absolute Gasteiger partial charge is 0.0701 e. The zero-order valence-electron chi connectivity index (χ0n) is 15.0. The highest BCUT2D eigenvalue weighted by molar-refractivity contribution is 4.60. The van der Waals surface area contributed by atoms with E-state index in [2.05, 4.69) is 41.5 Å². The van der Waals surface area contributed by atoms with Crippen LogP contribution in [0.5, 0.6) is 0 Å². The van der Waals surface area contributed by atoms with Gasteiger partial charge in [0.15, 0.2) is 0 Å². The van der Waals surface area contributed by atoms with Crippen molar-refractivity contribution in [1.29, 1.82) is 0 Å². The lowest BCUT2D eigenvalue weighted by Gasteiger charge is -2.18. The Bertz CT molecular complexity index is 204. The molecule has 4 nitrogen and oxygen atoms in total. The van der Waals surface area contributed by atoms with E-state index >= 15 is 0 Å². The first-order valence-electron chi connectivity index (χ1n) is 8.02. The molecule has 0 spiro atoms. The zero-order valence-corrected chi connectivity index (χ0v) is 15.0. The lowest BCUT2D eigenvalue weighted by Crippen LogP contribution is -2.17.